The van der Waals surface area contributed by atoms with Crippen LogP contribution in [0.15, 0.2) is 24.3 Å². The molecule has 1 amide bonds. The van der Waals surface area contributed by atoms with Crippen LogP contribution in [0.25, 0.3) is 11.4 Å². The highest BCUT2D eigenvalue weighted by atomic mass is 32.1. The summed E-state index contributed by atoms with van der Waals surface area (Å²) in [6, 6.07) is 8.07. The average Bonchev–Trinajstić information content (AvgIpc) is 2.84. The molecule has 2 aromatic rings. The molecule has 5 nitrogen and oxygen atoms in total. The number of aromatic nitrogens is 3. The maximum Gasteiger partial charge on any atom is 0.221 e. The minimum absolute atomic E-state index is 0.0372. The standard InChI is InChI=1S/C15H20N4OS/c1-3-8-16-13(20)7-9-19-14(17-18-15(19)21)12-6-4-5-11(2)10-12/h4-6,10H,3,7-9H2,1-2H3,(H,16,20)(H,18,21). The lowest BCUT2D eigenvalue weighted by atomic mass is 10.1. The van der Waals surface area contributed by atoms with Gasteiger partial charge in [0.25, 0.3) is 0 Å². The number of H-pyrrole nitrogens is 1. The number of rotatable bonds is 6. The zero-order chi connectivity index (χ0) is 15.2. The topological polar surface area (TPSA) is 62.7 Å². The monoisotopic (exact) mass is 304 g/mol. The first-order valence-corrected chi connectivity index (χ1v) is 7.51. The van der Waals surface area contributed by atoms with E-state index in [0.717, 1.165) is 23.4 Å². The molecule has 0 spiro atoms. The van der Waals surface area contributed by atoms with Gasteiger partial charge in [-0.1, -0.05) is 30.7 Å². The number of nitrogens with zero attached hydrogens (tertiary/aromatic N) is 2. The molecular formula is C15H20N4OS. The van der Waals surface area contributed by atoms with Crippen molar-refractivity contribution in [2.24, 2.45) is 0 Å². The van der Waals surface area contributed by atoms with Crippen molar-refractivity contribution in [2.75, 3.05) is 6.54 Å². The molecule has 0 aliphatic carbocycles. The second-order valence-electron chi connectivity index (χ2n) is 4.97. The second-order valence-corrected chi connectivity index (χ2v) is 5.36. The van der Waals surface area contributed by atoms with Crippen molar-refractivity contribution in [3.63, 3.8) is 0 Å². The van der Waals surface area contributed by atoms with Crippen LogP contribution in [0, 0.1) is 11.7 Å². The molecule has 112 valence electrons. The lowest BCUT2D eigenvalue weighted by molar-refractivity contribution is -0.121. The Morgan fingerprint density at radius 2 is 2.29 bits per heavy atom. The summed E-state index contributed by atoms with van der Waals surface area (Å²) in [5.41, 5.74) is 2.16. The van der Waals surface area contributed by atoms with Crippen LogP contribution in [0.4, 0.5) is 0 Å². The molecule has 0 unspecified atom stereocenters. The lowest BCUT2D eigenvalue weighted by Gasteiger charge is -2.08. The number of aromatic amines is 1. The molecule has 2 N–H and O–H groups in total. The highest BCUT2D eigenvalue weighted by Gasteiger charge is 2.10. The fraction of sp³-hybridized carbons (Fsp3) is 0.400. The Hall–Kier alpha value is -1.95. The highest BCUT2D eigenvalue weighted by molar-refractivity contribution is 7.71. The van der Waals surface area contributed by atoms with Crippen LogP contribution in [-0.2, 0) is 11.3 Å². The maximum absolute atomic E-state index is 11.7. The van der Waals surface area contributed by atoms with E-state index in [4.69, 9.17) is 12.2 Å². The van der Waals surface area contributed by atoms with Crippen LogP contribution >= 0.6 is 12.2 Å². The average molecular weight is 304 g/mol. The summed E-state index contributed by atoms with van der Waals surface area (Å²) >= 11 is 5.26. The molecule has 0 saturated heterocycles. The number of aryl methyl sites for hydroxylation is 1. The van der Waals surface area contributed by atoms with Gasteiger partial charge in [0.15, 0.2) is 10.6 Å². The van der Waals surface area contributed by atoms with Crippen molar-refractivity contribution in [3.8, 4) is 11.4 Å². The molecule has 2 rings (SSSR count). The normalized spacial score (nSPS) is 10.6. The van der Waals surface area contributed by atoms with E-state index < -0.39 is 0 Å². The molecule has 0 bridgehead atoms. The predicted molar refractivity (Wildman–Crippen MR) is 85.5 cm³/mol. The summed E-state index contributed by atoms with van der Waals surface area (Å²) in [5, 5.41) is 9.95. The zero-order valence-electron chi connectivity index (χ0n) is 12.3. The summed E-state index contributed by atoms with van der Waals surface area (Å²) < 4.78 is 2.41. The van der Waals surface area contributed by atoms with Gasteiger partial charge in [0.1, 0.15) is 0 Å². The fourth-order valence-corrected chi connectivity index (χ4v) is 2.32. The summed E-state index contributed by atoms with van der Waals surface area (Å²) in [6.45, 7) is 5.30. The molecule has 1 aromatic heterocycles. The number of benzene rings is 1. The van der Waals surface area contributed by atoms with Crippen molar-refractivity contribution in [3.05, 3.63) is 34.6 Å². The molecule has 0 aliphatic heterocycles. The molecule has 1 heterocycles. The Kier molecular flexibility index (Phi) is 5.27. The van der Waals surface area contributed by atoms with Crippen LogP contribution in [0.2, 0.25) is 0 Å². The van der Waals surface area contributed by atoms with Crippen molar-refractivity contribution < 1.29 is 4.79 Å². The van der Waals surface area contributed by atoms with Gasteiger partial charge in [0.2, 0.25) is 5.91 Å². The van der Waals surface area contributed by atoms with Crippen LogP contribution in [0.5, 0.6) is 0 Å². The van der Waals surface area contributed by atoms with Crippen LogP contribution in [0.3, 0.4) is 0 Å². The molecule has 0 atom stereocenters. The van der Waals surface area contributed by atoms with Gasteiger partial charge >= 0.3 is 0 Å². The molecule has 0 fully saturated rings. The van der Waals surface area contributed by atoms with Crippen LogP contribution < -0.4 is 5.32 Å². The summed E-state index contributed by atoms with van der Waals surface area (Å²) in [5.74, 6) is 0.808. The van der Waals surface area contributed by atoms with Crippen LogP contribution in [0.1, 0.15) is 25.3 Å². The Morgan fingerprint density at radius 3 is 3.00 bits per heavy atom. The zero-order valence-corrected chi connectivity index (χ0v) is 13.2. The molecular weight excluding hydrogens is 284 g/mol. The summed E-state index contributed by atoms with van der Waals surface area (Å²) in [7, 11) is 0. The van der Waals surface area contributed by atoms with Gasteiger partial charge in [0, 0.05) is 25.1 Å². The van der Waals surface area contributed by atoms with Gasteiger partial charge in [-0.15, -0.1) is 0 Å². The summed E-state index contributed by atoms with van der Waals surface area (Å²) in [6.07, 6.45) is 1.33. The molecule has 1 aromatic carbocycles. The van der Waals surface area contributed by atoms with Gasteiger partial charge in [-0.05, 0) is 31.6 Å². The van der Waals surface area contributed by atoms with E-state index in [-0.39, 0.29) is 5.91 Å². The molecule has 21 heavy (non-hydrogen) atoms. The Labute approximate surface area is 129 Å². The lowest BCUT2D eigenvalue weighted by Crippen LogP contribution is -2.25. The number of carbonyl (C=O) groups excluding carboxylic acids is 1. The third-order valence-corrected chi connectivity index (χ3v) is 3.48. The van der Waals surface area contributed by atoms with Gasteiger partial charge in [-0.3, -0.25) is 14.5 Å². The third-order valence-electron chi connectivity index (χ3n) is 3.17. The fourth-order valence-electron chi connectivity index (χ4n) is 2.10. The van der Waals surface area contributed by atoms with Gasteiger partial charge < -0.3 is 5.32 Å². The summed E-state index contributed by atoms with van der Waals surface area (Å²) in [4.78, 5) is 11.7. The van der Waals surface area contributed by atoms with E-state index in [1.807, 2.05) is 36.6 Å². The third kappa shape index (κ3) is 4.01. The number of hydrogen-bond donors (Lipinski definition) is 2. The SMILES string of the molecule is CCCNC(=O)CCn1c(-c2cccc(C)c2)n[nH]c1=S. The molecule has 0 saturated carbocycles. The Morgan fingerprint density at radius 1 is 1.48 bits per heavy atom. The molecule has 0 aliphatic rings. The van der Waals surface area contributed by atoms with Crippen LogP contribution in [-0.4, -0.2) is 27.2 Å². The molecule has 0 radical (unpaired) electrons. The van der Waals surface area contributed by atoms with Crippen molar-refractivity contribution in [1.29, 1.82) is 0 Å². The smallest absolute Gasteiger partial charge is 0.221 e. The first kappa shape index (κ1) is 15.4. The van der Waals surface area contributed by atoms with E-state index in [0.29, 0.717) is 24.3 Å². The van der Waals surface area contributed by atoms with Gasteiger partial charge in [0.05, 0.1) is 0 Å². The van der Waals surface area contributed by atoms with E-state index in [9.17, 15) is 4.79 Å². The van der Waals surface area contributed by atoms with Gasteiger partial charge in [-0.2, -0.15) is 5.10 Å². The van der Waals surface area contributed by atoms with Crippen molar-refractivity contribution >= 4 is 18.1 Å². The molecule has 6 heteroatoms. The van der Waals surface area contributed by atoms with Gasteiger partial charge in [-0.25, -0.2) is 0 Å². The maximum atomic E-state index is 11.7. The predicted octanol–water partition coefficient (Wildman–Crippen LogP) is 2.83. The number of amides is 1. The first-order valence-electron chi connectivity index (χ1n) is 7.10. The largest absolute Gasteiger partial charge is 0.356 e. The van der Waals surface area contributed by atoms with E-state index >= 15 is 0 Å². The number of nitrogens with one attached hydrogen (secondary N) is 2. The first-order chi connectivity index (χ1) is 10.1. The Balaban J connectivity index is 2.15. The van der Waals surface area contributed by atoms with Crippen molar-refractivity contribution in [2.45, 2.75) is 33.2 Å². The Bertz CT molecular complexity index is 674. The van der Waals surface area contributed by atoms with Crippen molar-refractivity contribution in [1.82, 2.24) is 20.1 Å². The van der Waals surface area contributed by atoms with E-state index in [2.05, 4.69) is 21.6 Å². The quantitative estimate of drug-likeness (QED) is 0.807. The minimum Gasteiger partial charge on any atom is -0.356 e. The number of hydrogen-bond acceptors (Lipinski definition) is 3. The highest BCUT2D eigenvalue weighted by Crippen LogP contribution is 2.18. The van der Waals surface area contributed by atoms with E-state index in [1.165, 1.54) is 0 Å². The second kappa shape index (κ2) is 7.17. The number of carbonyl (C=O) groups is 1. The van der Waals surface area contributed by atoms with E-state index in [1.54, 1.807) is 0 Å². The minimum atomic E-state index is 0.0372.